The minimum absolute atomic E-state index is 0.130. The van der Waals surface area contributed by atoms with E-state index in [0.29, 0.717) is 12.3 Å². The zero-order chi connectivity index (χ0) is 25.0. The zero-order valence-corrected chi connectivity index (χ0v) is 21.4. The lowest BCUT2D eigenvalue weighted by Crippen LogP contribution is -2.49. The van der Waals surface area contributed by atoms with Crippen LogP contribution >= 0.6 is 23.8 Å². The van der Waals surface area contributed by atoms with Crippen LogP contribution in [0.25, 0.3) is 0 Å². The van der Waals surface area contributed by atoms with E-state index >= 15 is 0 Å². The van der Waals surface area contributed by atoms with E-state index < -0.39 is 11.7 Å². The number of hydrogen-bond donors (Lipinski definition) is 1. The number of alkyl halides is 3. The van der Waals surface area contributed by atoms with Gasteiger partial charge < -0.3 is 19.9 Å². The Morgan fingerprint density at radius 1 is 1.03 bits per heavy atom. The van der Waals surface area contributed by atoms with E-state index in [9.17, 15) is 13.2 Å². The Hall–Kier alpha value is -2.03. The van der Waals surface area contributed by atoms with Crippen molar-refractivity contribution in [2.75, 3.05) is 43.0 Å². The molecule has 4 nitrogen and oxygen atoms in total. The summed E-state index contributed by atoms with van der Waals surface area (Å²) in [5.74, 6) is 0. The van der Waals surface area contributed by atoms with Crippen molar-refractivity contribution in [3.8, 4) is 0 Å². The minimum Gasteiger partial charge on any atom is -0.382 e. The fourth-order valence-corrected chi connectivity index (χ4v) is 5.15. The molecule has 9 heteroatoms. The molecule has 1 aliphatic carbocycles. The molecule has 0 unspecified atom stereocenters. The lowest BCUT2D eigenvalue weighted by Gasteiger charge is -2.38. The molecular formula is C26H31ClF3N3OS. The SMILES string of the molecule is Cc1ccc(NC2CCC(OCC(=S)N3CCN(c4ccc(Cl)cc4)CC3)CC2)cc1C(F)(F)F. The van der Waals surface area contributed by atoms with Crippen LogP contribution in [0.2, 0.25) is 5.02 Å². The third kappa shape index (κ3) is 7.02. The van der Waals surface area contributed by atoms with Gasteiger partial charge in [-0.25, -0.2) is 0 Å². The van der Waals surface area contributed by atoms with Gasteiger partial charge in [-0.15, -0.1) is 0 Å². The average molecular weight is 526 g/mol. The highest BCUT2D eigenvalue weighted by Crippen LogP contribution is 2.34. The molecule has 2 aromatic rings. The summed E-state index contributed by atoms with van der Waals surface area (Å²) in [5.41, 5.74) is 1.35. The maximum absolute atomic E-state index is 13.2. The number of rotatable bonds is 6. The third-order valence-electron chi connectivity index (χ3n) is 6.85. The third-order valence-corrected chi connectivity index (χ3v) is 7.48. The highest BCUT2D eigenvalue weighted by Gasteiger charge is 2.33. The quantitative estimate of drug-likeness (QED) is 0.431. The molecule has 35 heavy (non-hydrogen) atoms. The maximum Gasteiger partial charge on any atom is 0.416 e. The molecular weight excluding hydrogens is 495 g/mol. The summed E-state index contributed by atoms with van der Waals surface area (Å²) < 4.78 is 45.7. The van der Waals surface area contributed by atoms with Crippen LogP contribution in [-0.4, -0.2) is 54.8 Å². The number of nitrogens with one attached hydrogen (secondary N) is 1. The Balaban J connectivity index is 1.17. The number of ether oxygens (including phenoxy) is 1. The number of hydrogen-bond acceptors (Lipinski definition) is 4. The monoisotopic (exact) mass is 525 g/mol. The van der Waals surface area contributed by atoms with Crippen molar-refractivity contribution in [1.82, 2.24) is 4.90 Å². The van der Waals surface area contributed by atoms with E-state index in [4.69, 9.17) is 28.6 Å². The van der Waals surface area contributed by atoms with Crippen molar-refractivity contribution in [3.05, 3.63) is 58.6 Å². The number of aryl methyl sites for hydroxylation is 1. The van der Waals surface area contributed by atoms with E-state index in [1.165, 1.54) is 24.7 Å². The van der Waals surface area contributed by atoms with E-state index in [-0.39, 0.29) is 17.7 Å². The second-order valence-electron chi connectivity index (χ2n) is 9.30. The molecule has 4 rings (SSSR count). The molecule has 1 aliphatic heterocycles. The molecule has 0 radical (unpaired) electrons. The van der Waals surface area contributed by atoms with Gasteiger partial charge in [0.25, 0.3) is 0 Å². The minimum atomic E-state index is -4.34. The Kier molecular flexibility index (Phi) is 8.45. The molecule has 2 aromatic carbocycles. The highest BCUT2D eigenvalue weighted by molar-refractivity contribution is 7.80. The Morgan fingerprint density at radius 3 is 2.31 bits per heavy atom. The predicted molar refractivity (Wildman–Crippen MR) is 140 cm³/mol. The normalized spacial score (nSPS) is 21.2. The van der Waals surface area contributed by atoms with Crippen molar-refractivity contribution >= 4 is 40.2 Å². The van der Waals surface area contributed by atoms with E-state index in [2.05, 4.69) is 15.1 Å². The summed E-state index contributed by atoms with van der Waals surface area (Å²) in [4.78, 5) is 5.38. The van der Waals surface area contributed by atoms with Gasteiger partial charge in [-0.2, -0.15) is 13.2 Å². The van der Waals surface area contributed by atoms with Crippen LogP contribution in [0.4, 0.5) is 24.5 Å². The van der Waals surface area contributed by atoms with Gasteiger partial charge in [0, 0.05) is 48.6 Å². The maximum atomic E-state index is 13.2. The van der Waals surface area contributed by atoms with Gasteiger partial charge in [0.1, 0.15) is 4.99 Å². The molecule has 1 saturated heterocycles. The highest BCUT2D eigenvalue weighted by atomic mass is 35.5. The Labute approximate surface area is 215 Å². The summed E-state index contributed by atoms with van der Waals surface area (Å²) in [7, 11) is 0. The van der Waals surface area contributed by atoms with Crippen molar-refractivity contribution in [2.45, 2.75) is 50.9 Å². The van der Waals surface area contributed by atoms with E-state index in [1.54, 1.807) is 6.07 Å². The molecule has 1 N–H and O–H groups in total. The topological polar surface area (TPSA) is 27.7 Å². The molecule has 2 fully saturated rings. The number of halogens is 4. The summed E-state index contributed by atoms with van der Waals surface area (Å²) >= 11 is 11.6. The lowest BCUT2D eigenvalue weighted by atomic mass is 9.92. The number of nitrogens with zero attached hydrogens (tertiary/aromatic N) is 2. The number of anilines is 2. The van der Waals surface area contributed by atoms with Crippen LogP contribution < -0.4 is 10.2 Å². The second-order valence-corrected chi connectivity index (χ2v) is 10.2. The first-order valence-corrected chi connectivity index (χ1v) is 12.8. The molecule has 0 aromatic heterocycles. The summed E-state index contributed by atoms with van der Waals surface area (Å²) in [6.45, 7) is 5.43. The fourth-order valence-electron chi connectivity index (χ4n) is 4.77. The van der Waals surface area contributed by atoms with Crippen LogP contribution in [0.15, 0.2) is 42.5 Å². The fraction of sp³-hybridized carbons (Fsp3) is 0.500. The average Bonchev–Trinajstić information content (AvgIpc) is 2.84. The van der Waals surface area contributed by atoms with Gasteiger partial charge in [-0.3, -0.25) is 0 Å². The number of piperazine rings is 1. The molecule has 0 bridgehead atoms. The number of benzene rings is 2. The first kappa shape index (κ1) is 26.0. The molecule has 1 heterocycles. The first-order chi connectivity index (χ1) is 16.7. The van der Waals surface area contributed by atoms with E-state index in [1.807, 2.05) is 24.3 Å². The van der Waals surface area contributed by atoms with Gasteiger partial charge in [0.15, 0.2) is 0 Å². The van der Waals surface area contributed by atoms with Crippen molar-refractivity contribution in [3.63, 3.8) is 0 Å². The Bertz CT molecular complexity index is 1000. The van der Waals surface area contributed by atoms with Crippen LogP contribution in [0.1, 0.15) is 36.8 Å². The molecule has 2 aliphatic rings. The molecule has 190 valence electrons. The van der Waals surface area contributed by atoms with Gasteiger partial charge in [-0.05, 0) is 74.6 Å². The summed E-state index contributed by atoms with van der Waals surface area (Å²) in [5, 5.41) is 4.01. The van der Waals surface area contributed by atoms with Gasteiger partial charge >= 0.3 is 6.18 Å². The largest absolute Gasteiger partial charge is 0.416 e. The molecule has 0 spiro atoms. The standard InChI is InChI=1S/C26H31ClF3N3OS/c1-18-2-5-21(16-24(18)26(28,29)30)31-20-6-10-23(11-7-20)34-17-25(35)33-14-12-32(13-15-33)22-8-3-19(27)4-9-22/h2-5,8-9,16,20,23,31H,6-7,10-15,17H2,1H3. The smallest absolute Gasteiger partial charge is 0.382 e. The summed E-state index contributed by atoms with van der Waals surface area (Å²) in [6, 6.07) is 12.5. The van der Waals surface area contributed by atoms with Crippen LogP contribution in [0, 0.1) is 6.92 Å². The predicted octanol–water partition coefficient (Wildman–Crippen LogP) is 6.56. The van der Waals surface area contributed by atoms with Crippen LogP contribution in [-0.2, 0) is 10.9 Å². The van der Waals surface area contributed by atoms with Gasteiger partial charge in [-0.1, -0.05) is 29.9 Å². The zero-order valence-electron chi connectivity index (χ0n) is 19.8. The summed E-state index contributed by atoms with van der Waals surface area (Å²) in [6.07, 6.45) is -0.775. The van der Waals surface area contributed by atoms with Crippen LogP contribution in [0.5, 0.6) is 0 Å². The van der Waals surface area contributed by atoms with Crippen molar-refractivity contribution in [1.29, 1.82) is 0 Å². The van der Waals surface area contributed by atoms with Crippen molar-refractivity contribution < 1.29 is 17.9 Å². The second kappa shape index (κ2) is 11.4. The van der Waals surface area contributed by atoms with Crippen molar-refractivity contribution in [2.24, 2.45) is 0 Å². The van der Waals surface area contributed by atoms with Gasteiger partial charge in [0.05, 0.1) is 18.3 Å². The lowest BCUT2D eigenvalue weighted by molar-refractivity contribution is -0.138. The molecule has 0 amide bonds. The number of thiocarbonyl (C=S) groups is 1. The van der Waals surface area contributed by atoms with E-state index in [0.717, 1.165) is 61.9 Å². The first-order valence-electron chi connectivity index (χ1n) is 12.0. The molecule has 1 saturated carbocycles. The molecule has 0 atom stereocenters. The van der Waals surface area contributed by atoms with Gasteiger partial charge in [0.2, 0.25) is 0 Å². The van der Waals surface area contributed by atoms with Crippen LogP contribution in [0.3, 0.4) is 0 Å². The Morgan fingerprint density at radius 2 is 1.69 bits per heavy atom.